The number of pyridine rings is 1. The van der Waals surface area contributed by atoms with Crippen molar-refractivity contribution >= 4 is 10.0 Å². The third-order valence-electron chi connectivity index (χ3n) is 5.44. The van der Waals surface area contributed by atoms with Gasteiger partial charge in [0.1, 0.15) is 4.90 Å². The molecular formula is C21H24N4O2S. The number of aromatic nitrogens is 3. The molecule has 1 N–H and O–H groups in total. The van der Waals surface area contributed by atoms with Gasteiger partial charge in [0.25, 0.3) is 0 Å². The minimum Gasteiger partial charge on any atom is -0.284 e. The van der Waals surface area contributed by atoms with Crippen LogP contribution in [0.5, 0.6) is 0 Å². The molecule has 0 atom stereocenters. The van der Waals surface area contributed by atoms with Crippen LogP contribution in [-0.4, -0.2) is 41.0 Å². The summed E-state index contributed by atoms with van der Waals surface area (Å²) < 4.78 is 26.8. The minimum absolute atomic E-state index is 0.226. The molecule has 0 spiro atoms. The number of H-pyrrole nitrogens is 1. The molecule has 1 aliphatic heterocycles. The lowest BCUT2D eigenvalue weighted by Gasteiger charge is -2.30. The third-order valence-corrected chi connectivity index (χ3v) is 7.31. The lowest BCUT2D eigenvalue weighted by Crippen LogP contribution is -2.37. The highest BCUT2D eigenvalue weighted by atomic mass is 32.2. The maximum atomic E-state index is 12.6. The number of sulfonamides is 1. The van der Waals surface area contributed by atoms with Gasteiger partial charge >= 0.3 is 0 Å². The number of hydrogen-bond donors (Lipinski definition) is 1. The SMILES string of the molecule is Cc1ccccc1Cc1cccc(C2CCN(S(=O)(=O)c3cn[nH]c3)CC2)n1. The van der Waals surface area contributed by atoms with Crippen molar-refractivity contribution in [1.29, 1.82) is 0 Å². The van der Waals surface area contributed by atoms with E-state index in [2.05, 4.69) is 53.5 Å². The number of aryl methyl sites for hydroxylation is 1. The van der Waals surface area contributed by atoms with E-state index in [9.17, 15) is 8.42 Å². The van der Waals surface area contributed by atoms with E-state index < -0.39 is 10.0 Å². The summed E-state index contributed by atoms with van der Waals surface area (Å²) in [6, 6.07) is 14.6. The molecule has 0 saturated carbocycles. The molecule has 0 radical (unpaired) electrons. The highest BCUT2D eigenvalue weighted by molar-refractivity contribution is 7.89. The molecule has 0 amide bonds. The molecule has 7 heteroatoms. The average Bonchev–Trinajstić information content (AvgIpc) is 3.26. The van der Waals surface area contributed by atoms with E-state index in [1.54, 1.807) is 4.31 Å². The maximum Gasteiger partial charge on any atom is 0.246 e. The molecule has 4 rings (SSSR count). The zero-order valence-electron chi connectivity index (χ0n) is 15.9. The van der Waals surface area contributed by atoms with E-state index in [4.69, 9.17) is 4.98 Å². The van der Waals surface area contributed by atoms with Gasteiger partial charge in [0, 0.05) is 43.0 Å². The van der Waals surface area contributed by atoms with Crippen LogP contribution in [0.25, 0.3) is 0 Å². The predicted octanol–water partition coefficient (Wildman–Crippen LogP) is 3.27. The summed E-state index contributed by atoms with van der Waals surface area (Å²) in [5.74, 6) is 0.285. The fourth-order valence-electron chi connectivity index (χ4n) is 3.75. The van der Waals surface area contributed by atoms with E-state index in [1.807, 2.05) is 6.07 Å². The summed E-state index contributed by atoms with van der Waals surface area (Å²) in [5.41, 5.74) is 4.67. The van der Waals surface area contributed by atoms with Crippen molar-refractivity contribution in [3.05, 3.63) is 77.4 Å². The van der Waals surface area contributed by atoms with E-state index in [0.717, 1.165) is 30.7 Å². The van der Waals surface area contributed by atoms with Crippen molar-refractivity contribution in [2.24, 2.45) is 0 Å². The van der Waals surface area contributed by atoms with Crippen LogP contribution in [0.1, 0.15) is 41.3 Å². The molecule has 2 aromatic heterocycles. The predicted molar refractivity (Wildman–Crippen MR) is 108 cm³/mol. The van der Waals surface area contributed by atoms with Gasteiger partial charge in [-0.1, -0.05) is 30.3 Å². The minimum atomic E-state index is -3.46. The normalized spacial score (nSPS) is 16.3. The monoisotopic (exact) mass is 396 g/mol. The van der Waals surface area contributed by atoms with E-state index >= 15 is 0 Å². The lowest BCUT2D eigenvalue weighted by molar-refractivity contribution is 0.316. The Kier molecular flexibility index (Phi) is 5.28. The van der Waals surface area contributed by atoms with E-state index in [-0.39, 0.29) is 10.8 Å². The smallest absolute Gasteiger partial charge is 0.246 e. The fraction of sp³-hybridized carbons (Fsp3) is 0.333. The second kappa shape index (κ2) is 7.85. The first-order chi connectivity index (χ1) is 13.5. The number of benzene rings is 1. The lowest BCUT2D eigenvalue weighted by atomic mass is 9.93. The third kappa shape index (κ3) is 3.86. The molecule has 0 unspecified atom stereocenters. The molecule has 1 aromatic carbocycles. The van der Waals surface area contributed by atoms with Crippen molar-refractivity contribution in [3.8, 4) is 0 Å². The Bertz CT molecular complexity index is 1040. The van der Waals surface area contributed by atoms with Gasteiger partial charge in [-0.05, 0) is 43.0 Å². The van der Waals surface area contributed by atoms with Gasteiger partial charge in [-0.3, -0.25) is 10.1 Å². The van der Waals surface area contributed by atoms with Crippen molar-refractivity contribution in [3.63, 3.8) is 0 Å². The second-order valence-electron chi connectivity index (χ2n) is 7.27. The molecule has 0 aliphatic carbocycles. The number of nitrogens with one attached hydrogen (secondary N) is 1. The van der Waals surface area contributed by atoms with Gasteiger partial charge in [0.2, 0.25) is 10.0 Å². The topological polar surface area (TPSA) is 79.0 Å². The summed E-state index contributed by atoms with van der Waals surface area (Å²) in [6.07, 6.45) is 5.15. The van der Waals surface area contributed by atoms with Crippen molar-refractivity contribution in [2.45, 2.75) is 37.0 Å². The van der Waals surface area contributed by atoms with Gasteiger partial charge < -0.3 is 0 Å². The highest BCUT2D eigenvalue weighted by Gasteiger charge is 2.31. The Morgan fingerprint density at radius 3 is 2.61 bits per heavy atom. The Morgan fingerprint density at radius 1 is 1.11 bits per heavy atom. The molecule has 6 nitrogen and oxygen atoms in total. The average molecular weight is 397 g/mol. The van der Waals surface area contributed by atoms with Crippen LogP contribution in [0.4, 0.5) is 0 Å². The molecular weight excluding hydrogens is 372 g/mol. The Morgan fingerprint density at radius 2 is 1.89 bits per heavy atom. The number of aromatic amines is 1. The number of hydrogen-bond acceptors (Lipinski definition) is 4. The van der Waals surface area contributed by atoms with Crippen LogP contribution in [-0.2, 0) is 16.4 Å². The highest BCUT2D eigenvalue weighted by Crippen LogP contribution is 2.30. The summed E-state index contributed by atoms with van der Waals surface area (Å²) in [6.45, 7) is 3.12. The number of nitrogens with zero attached hydrogens (tertiary/aromatic N) is 3. The number of rotatable bonds is 5. The van der Waals surface area contributed by atoms with Gasteiger partial charge in [-0.15, -0.1) is 0 Å². The molecule has 1 saturated heterocycles. The summed E-state index contributed by atoms with van der Waals surface area (Å²) in [4.78, 5) is 5.11. The Balaban J connectivity index is 1.45. The van der Waals surface area contributed by atoms with Gasteiger partial charge in [0.15, 0.2) is 0 Å². The molecule has 1 aliphatic rings. The molecule has 28 heavy (non-hydrogen) atoms. The molecule has 1 fully saturated rings. The number of piperidine rings is 1. The van der Waals surface area contributed by atoms with Gasteiger partial charge in [-0.25, -0.2) is 8.42 Å². The molecule has 3 heterocycles. The largest absolute Gasteiger partial charge is 0.284 e. The second-order valence-corrected chi connectivity index (χ2v) is 9.21. The van der Waals surface area contributed by atoms with Crippen LogP contribution < -0.4 is 0 Å². The van der Waals surface area contributed by atoms with Gasteiger partial charge in [0.05, 0.1) is 6.20 Å². The zero-order valence-corrected chi connectivity index (χ0v) is 16.7. The summed E-state index contributed by atoms with van der Waals surface area (Å²) in [5, 5.41) is 6.33. The molecule has 3 aromatic rings. The maximum absolute atomic E-state index is 12.6. The Hall–Kier alpha value is -2.51. The summed E-state index contributed by atoms with van der Waals surface area (Å²) in [7, 11) is -3.46. The Labute approximate surface area is 165 Å². The first kappa shape index (κ1) is 18.8. The van der Waals surface area contributed by atoms with Crippen molar-refractivity contribution < 1.29 is 8.42 Å². The van der Waals surface area contributed by atoms with E-state index in [1.165, 1.54) is 23.5 Å². The first-order valence-corrected chi connectivity index (χ1v) is 11.0. The fourth-order valence-corrected chi connectivity index (χ4v) is 5.13. The quantitative estimate of drug-likeness (QED) is 0.718. The van der Waals surface area contributed by atoms with Crippen molar-refractivity contribution in [1.82, 2.24) is 19.5 Å². The molecule has 146 valence electrons. The van der Waals surface area contributed by atoms with Crippen molar-refractivity contribution in [2.75, 3.05) is 13.1 Å². The van der Waals surface area contributed by atoms with E-state index in [0.29, 0.717) is 13.1 Å². The van der Waals surface area contributed by atoms with Crippen LogP contribution in [0.15, 0.2) is 59.8 Å². The van der Waals surface area contributed by atoms with Crippen LogP contribution >= 0.6 is 0 Å². The van der Waals surface area contributed by atoms with Crippen LogP contribution in [0, 0.1) is 6.92 Å². The first-order valence-electron chi connectivity index (χ1n) is 9.53. The zero-order chi connectivity index (χ0) is 19.6. The molecule has 0 bridgehead atoms. The van der Waals surface area contributed by atoms with Crippen LogP contribution in [0.2, 0.25) is 0 Å². The summed E-state index contributed by atoms with van der Waals surface area (Å²) >= 11 is 0. The van der Waals surface area contributed by atoms with Gasteiger partial charge in [-0.2, -0.15) is 9.40 Å². The standard InChI is InChI=1S/C21H24N4O2S/c1-16-5-2-3-6-18(16)13-19-7-4-8-21(24-19)17-9-11-25(12-10-17)28(26,27)20-14-22-23-15-20/h2-8,14-15,17H,9-13H2,1H3,(H,22,23). The van der Waals surface area contributed by atoms with Crippen LogP contribution in [0.3, 0.4) is 0 Å².